The molecule has 2 N–H and O–H groups in total. The molecular weight excluding hydrogens is 330 g/mol. The summed E-state index contributed by atoms with van der Waals surface area (Å²) in [5.41, 5.74) is 5.94. The standard InChI is InChI=1S/C18H29N7O/c1-3-25-17(21-22-18(25)14-9-15(19)10-14)11-24-6-4-13(5-7-24)8-16-20-12(2)26-23-16/h13-15H,3-11,19H2,1-2H3. The highest BCUT2D eigenvalue weighted by atomic mass is 16.5. The van der Waals surface area contributed by atoms with Crippen molar-refractivity contribution in [2.24, 2.45) is 11.7 Å². The van der Waals surface area contributed by atoms with E-state index in [9.17, 15) is 0 Å². The van der Waals surface area contributed by atoms with E-state index < -0.39 is 0 Å². The van der Waals surface area contributed by atoms with Crippen molar-refractivity contribution >= 4 is 0 Å². The monoisotopic (exact) mass is 359 g/mol. The highest BCUT2D eigenvalue weighted by Gasteiger charge is 2.32. The molecule has 8 nitrogen and oxygen atoms in total. The van der Waals surface area contributed by atoms with Gasteiger partial charge in [0.1, 0.15) is 11.6 Å². The molecule has 1 saturated heterocycles. The molecule has 2 aromatic heterocycles. The van der Waals surface area contributed by atoms with Crippen LogP contribution in [0.3, 0.4) is 0 Å². The van der Waals surface area contributed by atoms with Crippen LogP contribution in [0.1, 0.15) is 61.9 Å². The second-order valence-corrected chi connectivity index (χ2v) is 7.80. The minimum atomic E-state index is 0.340. The van der Waals surface area contributed by atoms with Crippen molar-refractivity contribution in [3.8, 4) is 0 Å². The minimum Gasteiger partial charge on any atom is -0.340 e. The van der Waals surface area contributed by atoms with E-state index in [1.54, 1.807) is 0 Å². The normalized spacial score (nSPS) is 24.7. The average molecular weight is 359 g/mol. The summed E-state index contributed by atoms with van der Waals surface area (Å²) in [6, 6.07) is 0.340. The van der Waals surface area contributed by atoms with Gasteiger partial charge in [0.15, 0.2) is 5.82 Å². The van der Waals surface area contributed by atoms with Crippen LogP contribution in [0, 0.1) is 12.8 Å². The maximum Gasteiger partial charge on any atom is 0.223 e. The number of hydrogen-bond acceptors (Lipinski definition) is 7. The van der Waals surface area contributed by atoms with Gasteiger partial charge in [0.25, 0.3) is 0 Å². The van der Waals surface area contributed by atoms with Gasteiger partial charge in [-0.3, -0.25) is 4.90 Å². The van der Waals surface area contributed by atoms with Crippen molar-refractivity contribution in [1.82, 2.24) is 29.8 Å². The molecule has 0 radical (unpaired) electrons. The Morgan fingerprint density at radius 3 is 2.58 bits per heavy atom. The molecule has 1 aliphatic heterocycles. The Hall–Kier alpha value is -1.80. The maximum atomic E-state index is 5.94. The molecule has 0 bridgehead atoms. The van der Waals surface area contributed by atoms with E-state index in [2.05, 4.69) is 36.7 Å². The fraction of sp³-hybridized carbons (Fsp3) is 0.778. The van der Waals surface area contributed by atoms with Crippen LogP contribution in [0.15, 0.2) is 4.52 Å². The van der Waals surface area contributed by atoms with Crippen LogP contribution in [0.2, 0.25) is 0 Å². The van der Waals surface area contributed by atoms with Gasteiger partial charge >= 0.3 is 0 Å². The summed E-state index contributed by atoms with van der Waals surface area (Å²) in [4.78, 5) is 6.82. The fourth-order valence-electron chi connectivity index (χ4n) is 4.22. The zero-order chi connectivity index (χ0) is 18.1. The van der Waals surface area contributed by atoms with Gasteiger partial charge in [-0.2, -0.15) is 4.98 Å². The van der Waals surface area contributed by atoms with Crippen LogP contribution in [-0.2, 0) is 19.5 Å². The van der Waals surface area contributed by atoms with E-state index in [0.717, 1.165) is 75.8 Å². The van der Waals surface area contributed by atoms with Gasteiger partial charge in [-0.05, 0) is 51.6 Å². The number of nitrogens with two attached hydrogens (primary N) is 1. The lowest BCUT2D eigenvalue weighted by atomic mass is 9.80. The molecule has 3 heterocycles. The second kappa shape index (κ2) is 7.44. The second-order valence-electron chi connectivity index (χ2n) is 7.80. The number of nitrogens with zero attached hydrogens (tertiary/aromatic N) is 6. The topological polar surface area (TPSA) is 98.9 Å². The molecule has 2 aliphatic rings. The van der Waals surface area contributed by atoms with Crippen LogP contribution >= 0.6 is 0 Å². The Bertz CT molecular complexity index is 726. The van der Waals surface area contributed by atoms with Crippen LogP contribution < -0.4 is 5.73 Å². The molecule has 1 aliphatic carbocycles. The van der Waals surface area contributed by atoms with Gasteiger partial charge in [0.05, 0.1) is 6.54 Å². The SMILES string of the molecule is CCn1c(CN2CCC(Cc3noc(C)n3)CC2)nnc1C1CC(N)C1. The summed E-state index contributed by atoms with van der Waals surface area (Å²) in [5.74, 6) is 4.85. The van der Waals surface area contributed by atoms with E-state index in [4.69, 9.17) is 10.3 Å². The summed E-state index contributed by atoms with van der Waals surface area (Å²) in [7, 11) is 0. The summed E-state index contributed by atoms with van der Waals surface area (Å²) < 4.78 is 7.37. The molecule has 0 amide bonds. The predicted molar refractivity (Wildman–Crippen MR) is 96.4 cm³/mol. The maximum absolute atomic E-state index is 5.94. The summed E-state index contributed by atoms with van der Waals surface area (Å²) in [6.07, 6.45) is 5.33. The molecule has 0 aromatic carbocycles. The highest BCUT2D eigenvalue weighted by molar-refractivity contribution is 5.08. The first-order chi connectivity index (χ1) is 12.6. The van der Waals surface area contributed by atoms with Crippen molar-refractivity contribution in [3.63, 3.8) is 0 Å². The van der Waals surface area contributed by atoms with Crippen molar-refractivity contribution in [2.75, 3.05) is 13.1 Å². The summed E-state index contributed by atoms with van der Waals surface area (Å²) >= 11 is 0. The molecule has 0 unspecified atom stereocenters. The lowest BCUT2D eigenvalue weighted by Gasteiger charge is -2.32. The smallest absolute Gasteiger partial charge is 0.223 e. The molecule has 8 heteroatoms. The summed E-state index contributed by atoms with van der Waals surface area (Å²) in [6.45, 7) is 8.00. The van der Waals surface area contributed by atoms with Crippen LogP contribution in [0.25, 0.3) is 0 Å². The zero-order valence-electron chi connectivity index (χ0n) is 15.8. The summed E-state index contributed by atoms with van der Waals surface area (Å²) in [5, 5.41) is 13.0. The third-order valence-electron chi connectivity index (χ3n) is 5.82. The molecule has 2 fully saturated rings. The van der Waals surface area contributed by atoms with Gasteiger partial charge in [0, 0.05) is 31.8 Å². The number of piperidine rings is 1. The molecular formula is C18H29N7O. The van der Waals surface area contributed by atoms with E-state index in [1.165, 1.54) is 0 Å². The Morgan fingerprint density at radius 1 is 1.19 bits per heavy atom. The largest absolute Gasteiger partial charge is 0.340 e. The number of likely N-dealkylation sites (tertiary alicyclic amines) is 1. The lowest BCUT2D eigenvalue weighted by Crippen LogP contribution is -2.37. The Labute approximate surface area is 154 Å². The Balaban J connectivity index is 1.31. The fourth-order valence-corrected chi connectivity index (χ4v) is 4.22. The van der Waals surface area contributed by atoms with E-state index >= 15 is 0 Å². The third kappa shape index (κ3) is 3.66. The number of rotatable bonds is 6. The first-order valence-corrected chi connectivity index (χ1v) is 9.81. The highest BCUT2D eigenvalue weighted by Crippen LogP contribution is 2.35. The first kappa shape index (κ1) is 17.6. The first-order valence-electron chi connectivity index (χ1n) is 9.81. The quantitative estimate of drug-likeness (QED) is 0.837. The molecule has 142 valence electrons. The molecule has 0 atom stereocenters. The van der Waals surface area contributed by atoms with E-state index in [1.807, 2.05) is 6.92 Å². The zero-order valence-corrected chi connectivity index (χ0v) is 15.8. The number of aromatic nitrogens is 5. The molecule has 4 rings (SSSR count). The van der Waals surface area contributed by atoms with Gasteiger partial charge < -0.3 is 14.8 Å². The van der Waals surface area contributed by atoms with Crippen LogP contribution in [-0.4, -0.2) is 48.9 Å². The number of hydrogen-bond donors (Lipinski definition) is 1. The number of aryl methyl sites for hydroxylation is 1. The third-order valence-corrected chi connectivity index (χ3v) is 5.82. The molecule has 26 heavy (non-hydrogen) atoms. The van der Waals surface area contributed by atoms with Gasteiger partial charge in [0.2, 0.25) is 5.89 Å². The van der Waals surface area contributed by atoms with Crippen LogP contribution in [0.4, 0.5) is 0 Å². The van der Waals surface area contributed by atoms with E-state index in [0.29, 0.717) is 23.8 Å². The Kier molecular flexibility index (Phi) is 5.04. The Morgan fingerprint density at radius 2 is 1.96 bits per heavy atom. The van der Waals surface area contributed by atoms with Crippen molar-refractivity contribution in [2.45, 2.75) is 71.0 Å². The molecule has 2 aromatic rings. The van der Waals surface area contributed by atoms with E-state index in [-0.39, 0.29) is 0 Å². The molecule has 1 saturated carbocycles. The van der Waals surface area contributed by atoms with Crippen LogP contribution in [0.5, 0.6) is 0 Å². The van der Waals surface area contributed by atoms with Crippen molar-refractivity contribution in [3.05, 3.63) is 23.4 Å². The lowest BCUT2D eigenvalue weighted by molar-refractivity contribution is 0.169. The average Bonchev–Trinajstić information content (AvgIpc) is 3.19. The molecule has 0 spiro atoms. The predicted octanol–water partition coefficient (Wildman–Crippen LogP) is 1.65. The van der Waals surface area contributed by atoms with Crippen molar-refractivity contribution in [1.29, 1.82) is 0 Å². The minimum absolute atomic E-state index is 0.340. The van der Waals surface area contributed by atoms with Crippen molar-refractivity contribution < 1.29 is 4.52 Å². The van der Waals surface area contributed by atoms with Gasteiger partial charge in [-0.1, -0.05) is 5.16 Å². The van der Waals surface area contributed by atoms with Gasteiger partial charge in [-0.15, -0.1) is 10.2 Å². The van der Waals surface area contributed by atoms with Gasteiger partial charge in [-0.25, -0.2) is 0 Å².